The Kier molecular flexibility index (Phi) is 7.37. The summed E-state index contributed by atoms with van der Waals surface area (Å²) in [6, 6.07) is 7.68. The Balaban J connectivity index is 1.47. The molecule has 1 aliphatic rings. The van der Waals surface area contributed by atoms with E-state index in [1.54, 1.807) is 0 Å². The molecule has 9 heteroatoms. The lowest BCUT2D eigenvalue weighted by Gasteiger charge is -2.27. The van der Waals surface area contributed by atoms with Crippen molar-refractivity contribution in [3.05, 3.63) is 34.9 Å². The van der Waals surface area contributed by atoms with Gasteiger partial charge in [-0.15, -0.1) is 10.2 Å². The van der Waals surface area contributed by atoms with Crippen LogP contribution < -0.4 is 10.2 Å². The quantitative estimate of drug-likeness (QED) is 0.674. The second-order valence-electron chi connectivity index (χ2n) is 6.14. The number of rotatable bonds is 8. The maximum atomic E-state index is 12.1. The maximum Gasteiger partial charge on any atom is 0.230 e. The van der Waals surface area contributed by atoms with Gasteiger partial charge in [-0.2, -0.15) is 0 Å². The molecular weight excluding hydrogens is 386 g/mol. The molecule has 1 aromatic heterocycles. The molecule has 7 nitrogen and oxygen atoms in total. The first-order valence-corrected chi connectivity index (χ1v) is 10.4. The molecule has 2 aromatic rings. The topological polar surface area (TPSA) is 72.3 Å². The number of anilines is 1. The van der Waals surface area contributed by atoms with Gasteiger partial charge < -0.3 is 15.0 Å². The molecule has 0 atom stereocenters. The number of hydrogen-bond acceptors (Lipinski definition) is 6. The molecule has 1 aliphatic heterocycles. The van der Waals surface area contributed by atoms with Gasteiger partial charge in [-0.3, -0.25) is 9.36 Å². The molecule has 1 saturated heterocycles. The summed E-state index contributed by atoms with van der Waals surface area (Å²) < 4.78 is 7.44. The summed E-state index contributed by atoms with van der Waals surface area (Å²) in [6.07, 6.45) is 0.753. The highest BCUT2D eigenvalue weighted by Gasteiger charge is 2.20. The van der Waals surface area contributed by atoms with Gasteiger partial charge in [0.15, 0.2) is 5.16 Å². The Morgan fingerprint density at radius 2 is 2.15 bits per heavy atom. The number of thioether (sulfide) groups is 1. The third-order valence-electron chi connectivity index (χ3n) is 4.26. The van der Waals surface area contributed by atoms with Gasteiger partial charge in [0.1, 0.15) is 0 Å². The molecule has 0 bridgehead atoms. The molecule has 1 N–H and O–H groups in total. The molecule has 0 unspecified atom stereocenters. The Morgan fingerprint density at radius 1 is 1.33 bits per heavy atom. The molecule has 1 aromatic carbocycles. The van der Waals surface area contributed by atoms with E-state index in [4.69, 9.17) is 16.3 Å². The van der Waals surface area contributed by atoms with Crippen LogP contribution in [-0.4, -0.2) is 59.3 Å². The average Bonchev–Trinajstić information content (AvgIpc) is 3.10. The van der Waals surface area contributed by atoms with Crippen LogP contribution >= 0.6 is 23.4 Å². The summed E-state index contributed by atoms with van der Waals surface area (Å²) in [5, 5.41) is 13.0. The zero-order valence-electron chi connectivity index (χ0n) is 15.4. The van der Waals surface area contributed by atoms with E-state index in [9.17, 15) is 4.79 Å². The van der Waals surface area contributed by atoms with Crippen LogP contribution in [0.5, 0.6) is 0 Å². The van der Waals surface area contributed by atoms with Crippen molar-refractivity contribution in [2.24, 2.45) is 0 Å². The first-order valence-electron chi connectivity index (χ1n) is 9.07. The van der Waals surface area contributed by atoms with Gasteiger partial charge in [0, 0.05) is 31.2 Å². The van der Waals surface area contributed by atoms with E-state index in [-0.39, 0.29) is 5.91 Å². The van der Waals surface area contributed by atoms with Crippen LogP contribution in [-0.2, 0) is 22.5 Å². The maximum absolute atomic E-state index is 12.1. The van der Waals surface area contributed by atoms with E-state index in [2.05, 4.69) is 31.9 Å². The summed E-state index contributed by atoms with van der Waals surface area (Å²) in [5.41, 5.74) is 1.11. The van der Waals surface area contributed by atoms with Crippen LogP contribution in [0.1, 0.15) is 12.5 Å². The van der Waals surface area contributed by atoms with Crippen molar-refractivity contribution < 1.29 is 9.53 Å². The minimum atomic E-state index is -0.0133. The fourth-order valence-corrected chi connectivity index (χ4v) is 3.92. The summed E-state index contributed by atoms with van der Waals surface area (Å²) in [5.74, 6) is 1.15. The van der Waals surface area contributed by atoms with Crippen LogP contribution in [0.15, 0.2) is 29.4 Å². The van der Waals surface area contributed by atoms with Gasteiger partial charge in [-0.25, -0.2) is 0 Å². The lowest BCUT2D eigenvalue weighted by atomic mass is 10.1. The van der Waals surface area contributed by atoms with E-state index < -0.39 is 0 Å². The minimum absolute atomic E-state index is 0.0133. The van der Waals surface area contributed by atoms with Crippen LogP contribution in [0, 0.1) is 0 Å². The Morgan fingerprint density at radius 3 is 2.89 bits per heavy atom. The van der Waals surface area contributed by atoms with Crippen LogP contribution in [0.25, 0.3) is 0 Å². The highest BCUT2D eigenvalue weighted by Crippen LogP contribution is 2.22. The highest BCUT2D eigenvalue weighted by molar-refractivity contribution is 7.99. The lowest BCUT2D eigenvalue weighted by Crippen LogP contribution is -2.38. The van der Waals surface area contributed by atoms with E-state index in [1.165, 1.54) is 11.8 Å². The molecule has 0 spiro atoms. The second kappa shape index (κ2) is 9.96. The monoisotopic (exact) mass is 409 g/mol. The molecule has 0 saturated carbocycles. The van der Waals surface area contributed by atoms with Gasteiger partial charge in [-0.1, -0.05) is 35.5 Å². The number of morpholine rings is 1. The normalized spacial score (nSPS) is 14.4. The van der Waals surface area contributed by atoms with Gasteiger partial charge in [0.2, 0.25) is 11.9 Å². The summed E-state index contributed by atoms with van der Waals surface area (Å²) in [4.78, 5) is 14.3. The summed E-state index contributed by atoms with van der Waals surface area (Å²) in [7, 11) is 0. The smallest absolute Gasteiger partial charge is 0.230 e. The standard InChI is InChI=1S/C18H24ClN5O2S/c1-2-24-17(23-8-10-26-11-9-23)21-22-18(24)27-13-16(25)20-7-6-14-4-3-5-15(19)12-14/h3-5,12H,2,6-11,13H2,1H3,(H,20,25). The fourth-order valence-electron chi connectivity index (χ4n) is 2.88. The van der Waals surface area contributed by atoms with Crippen molar-refractivity contribution in [1.29, 1.82) is 0 Å². The number of halogens is 1. The predicted octanol–water partition coefficient (Wildman–Crippen LogP) is 2.24. The number of aromatic nitrogens is 3. The minimum Gasteiger partial charge on any atom is -0.378 e. The Hall–Kier alpha value is -1.77. The average molecular weight is 410 g/mol. The van der Waals surface area contributed by atoms with E-state index in [0.717, 1.165) is 42.7 Å². The van der Waals surface area contributed by atoms with Crippen molar-refractivity contribution in [3.63, 3.8) is 0 Å². The van der Waals surface area contributed by atoms with Crippen molar-refractivity contribution in [1.82, 2.24) is 20.1 Å². The molecule has 2 heterocycles. The SMILES string of the molecule is CCn1c(SCC(=O)NCCc2cccc(Cl)c2)nnc1N1CCOCC1. The first-order chi connectivity index (χ1) is 13.2. The zero-order chi connectivity index (χ0) is 19.1. The van der Waals surface area contributed by atoms with E-state index >= 15 is 0 Å². The number of benzene rings is 1. The fraction of sp³-hybridized carbons (Fsp3) is 0.500. The zero-order valence-corrected chi connectivity index (χ0v) is 16.9. The van der Waals surface area contributed by atoms with E-state index in [1.807, 2.05) is 24.3 Å². The molecule has 146 valence electrons. The van der Waals surface area contributed by atoms with E-state index in [0.29, 0.717) is 30.5 Å². The molecule has 1 fully saturated rings. The second-order valence-corrected chi connectivity index (χ2v) is 7.52. The number of carbonyl (C=O) groups is 1. The highest BCUT2D eigenvalue weighted by atomic mass is 35.5. The first kappa shape index (κ1) is 20.0. The number of amides is 1. The Bertz CT molecular complexity index is 764. The van der Waals surface area contributed by atoms with Crippen LogP contribution in [0.3, 0.4) is 0 Å². The molecule has 1 amide bonds. The molecule has 0 aliphatic carbocycles. The number of nitrogens with zero attached hydrogens (tertiary/aromatic N) is 4. The number of nitrogens with one attached hydrogen (secondary N) is 1. The largest absolute Gasteiger partial charge is 0.378 e. The van der Waals surface area contributed by atoms with Gasteiger partial charge >= 0.3 is 0 Å². The molecular formula is C18H24ClN5O2S. The van der Waals surface area contributed by atoms with Crippen LogP contribution in [0.2, 0.25) is 5.02 Å². The third kappa shape index (κ3) is 5.60. The number of hydrogen-bond donors (Lipinski definition) is 1. The van der Waals surface area contributed by atoms with Gasteiger partial charge in [0.05, 0.1) is 19.0 Å². The summed E-state index contributed by atoms with van der Waals surface area (Å²) in [6.45, 7) is 6.43. The van der Waals surface area contributed by atoms with Crippen LogP contribution in [0.4, 0.5) is 5.95 Å². The van der Waals surface area contributed by atoms with Crippen molar-refractivity contribution in [2.45, 2.75) is 25.0 Å². The predicted molar refractivity (Wildman–Crippen MR) is 108 cm³/mol. The number of carbonyl (C=O) groups excluding carboxylic acids is 1. The summed E-state index contributed by atoms with van der Waals surface area (Å²) >= 11 is 7.39. The van der Waals surface area contributed by atoms with Gasteiger partial charge in [-0.05, 0) is 31.0 Å². The third-order valence-corrected chi connectivity index (χ3v) is 5.47. The van der Waals surface area contributed by atoms with Crippen molar-refractivity contribution in [3.8, 4) is 0 Å². The van der Waals surface area contributed by atoms with Crippen molar-refractivity contribution in [2.75, 3.05) is 43.5 Å². The molecule has 0 radical (unpaired) electrons. The van der Waals surface area contributed by atoms with Gasteiger partial charge in [0.25, 0.3) is 0 Å². The molecule has 27 heavy (non-hydrogen) atoms. The lowest BCUT2D eigenvalue weighted by molar-refractivity contribution is -0.118. The molecule has 3 rings (SSSR count). The Labute approximate surface area is 168 Å². The van der Waals surface area contributed by atoms with Crippen molar-refractivity contribution >= 4 is 35.2 Å². The number of ether oxygens (including phenoxy) is 1.